The Labute approximate surface area is 139 Å². The smallest absolute Gasteiger partial charge is 0.272 e. The second-order valence-corrected chi connectivity index (χ2v) is 6.36. The molecule has 0 saturated heterocycles. The summed E-state index contributed by atoms with van der Waals surface area (Å²) in [5.41, 5.74) is 3.54. The third-order valence-electron chi connectivity index (χ3n) is 4.72. The van der Waals surface area contributed by atoms with Crippen molar-refractivity contribution in [1.29, 1.82) is 0 Å². The Morgan fingerprint density at radius 2 is 1.92 bits per heavy atom. The summed E-state index contributed by atoms with van der Waals surface area (Å²) in [5, 5.41) is 3.19. The summed E-state index contributed by atoms with van der Waals surface area (Å²) in [4.78, 5) is 27.5. The van der Waals surface area contributed by atoms with Crippen LogP contribution in [0.5, 0.6) is 0 Å². The van der Waals surface area contributed by atoms with Gasteiger partial charge in [0.2, 0.25) is 0 Å². The van der Waals surface area contributed by atoms with E-state index >= 15 is 0 Å². The van der Waals surface area contributed by atoms with Crippen LogP contribution < -0.4 is 5.56 Å². The number of aldehydes is 1. The monoisotopic (exact) mass is 319 g/mol. The number of nitrogens with zero attached hydrogens (tertiary/aromatic N) is 2. The molecule has 1 aliphatic carbocycles. The molecule has 1 aliphatic rings. The highest BCUT2D eigenvalue weighted by Gasteiger charge is 2.47. The molecular formula is C19H17N3O2. The first-order chi connectivity index (χ1) is 11.6. The maximum absolute atomic E-state index is 12.4. The molecule has 0 unspecified atom stereocenters. The molecule has 1 fully saturated rings. The lowest BCUT2D eigenvalue weighted by Gasteiger charge is -2.14. The number of hydrogen-bond acceptors (Lipinski definition) is 3. The lowest BCUT2D eigenvalue weighted by Crippen LogP contribution is -2.15. The Bertz CT molecular complexity index is 963. The van der Waals surface area contributed by atoms with E-state index in [9.17, 15) is 9.59 Å². The average molecular weight is 319 g/mol. The van der Waals surface area contributed by atoms with E-state index in [0.717, 1.165) is 24.8 Å². The summed E-state index contributed by atoms with van der Waals surface area (Å²) in [6, 6.07) is 13.3. The van der Waals surface area contributed by atoms with Crippen molar-refractivity contribution in [2.24, 2.45) is 0 Å². The van der Waals surface area contributed by atoms with E-state index < -0.39 is 0 Å². The van der Waals surface area contributed by atoms with Crippen LogP contribution >= 0.6 is 0 Å². The van der Waals surface area contributed by atoms with E-state index in [1.807, 2.05) is 0 Å². The Morgan fingerprint density at radius 1 is 1.17 bits per heavy atom. The SMILES string of the molecule is Cc1ccc(C2(c3cc(=O)n(-c4cc(C=O)ccn4)[nH]3)CC2)cc1. The Morgan fingerprint density at radius 3 is 2.58 bits per heavy atom. The molecule has 1 aromatic carbocycles. The number of benzene rings is 1. The van der Waals surface area contributed by atoms with E-state index in [4.69, 9.17) is 0 Å². The van der Waals surface area contributed by atoms with Crippen LogP contribution in [0.3, 0.4) is 0 Å². The largest absolute Gasteiger partial charge is 0.298 e. The zero-order valence-corrected chi connectivity index (χ0v) is 13.3. The molecule has 3 aromatic rings. The summed E-state index contributed by atoms with van der Waals surface area (Å²) >= 11 is 0. The molecule has 1 N–H and O–H groups in total. The van der Waals surface area contributed by atoms with Gasteiger partial charge in [-0.2, -0.15) is 0 Å². The second kappa shape index (κ2) is 5.30. The number of carbonyl (C=O) groups excluding carboxylic acids is 1. The number of aromatic nitrogens is 3. The molecule has 120 valence electrons. The van der Waals surface area contributed by atoms with Crippen LogP contribution in [0.15, 0.2) is 53.5 Å². The highest BCUT2D eigenvalue weighted by Crippen LogP contribution is 2.52. The van der Waals surface area contributed by atoms with Gasteiger partial charge in [-0.1, -0.05) is 29.8 Å². The molecule has 0 radical (unpaired) electrons. The second-order valence-electron chi connectivity index (χ2n) is 6.36. The standard InChI is InChI=1S/C19H17N3O2/c1-13-2-4-15(5-3-13)19(7-8-19)16-11-18(24)22(21-16)17-10-14(12-23)6-9-20-17/h2-6,9-12,21H,7-8H2,1H3. The van der Waals surface area contributed by atoms with E-state index in [-0.39, 0.29) is 11.0 Å². The first-order valence-electron chi connectivity index (χ1n) is 7.94. The maximum Gasteiger partial charge on any atom is 0.272 e. The first-order valence-corrected chi connectivity index (χ1v) is 7.94. The molecular weight excluding hydrogens is 302 g/mol. The predicted molar refractivity (Wildman–Crippen MR) is 90.8 cm³/mol. The van der Waals surface area contributed by atoms with Crippen molar-refractivity contribution in [3.05, 3.63) is 81.4 Å². The molecule has 0 spiro atoms. The van der Waals surface area contributed by atoms with Crippen LogP contribution in [0, 0.1) is 6.92 Å². The van der Waals surface area contributed by atoms with E-state index in [1.54, 1.807) is 18.2 Å². The van der Waals surface area contributed by atoms with Gasteiger partial charge in [-0.15, -0.1) is 0 Å². The Kier molecular flexibility index (Phi) is 3.23. The molecule has 24 heavy (non-hydrogen) atoms. The third-order valence-corrected chi connectivity index (χ3v) is 4.72. The highest BCUT2D eigenvalue weighted by atomic mass is 16.1. The van der Waals surface area contributed by atoms with Crippen LogP contribution in [0.4, 0.5) is 0 Å². The van der Waals surface area contributed by atoms with Gasteiger partial charge in [0.1, 0.15) is 6.29 Å². The van der Waals surface area contributed by atoms with Crippen LogP contribution in [-0.4, -0.2) is 21.1 Å². The minimum absolute atomic E-state index is 0.111. The predicted octanol–water partition coefficient (Wildman–Crippen LogP) is 2.76. The average Bonchev–Trinajstić information content (AvgIpc) is 3.32. The lowest BCUT2D eigenvalue weighted by molar-refractivity contribution is 0.112. The van der Waals surface area contributed by atoms with Gasteiger partial charge in [0.25, 0.3) is 5.56 Å². The van der Waals surface area contributed by atoms with Gasteiger partial charge >= 0.3 is 0 Å². The molecule has 5 heteroatoms. The third kappa shape index (κ3) is 2.29. The molecule has 0 amide bonds. The summed E-state index contributed by atoms with van der Waals surface area (Å²) in [5.74, 6) is 0.426. The number of pyridine rings is 1. The quantitative estimate of drug-likeness (QED) is 0.752. The lowest BCUT2D eigenvalue weighted by atomic mass is 9.92. The molecule has 0 atom stereocenters. The molecule has 2 aromatic heterocycles. The van der Waals surface area contributed by atoms with Crippen molar-refractivity contribution in [3.63, 3.8) is 0 Å². The summed E-state index contributed by atoms with van der Waals surface area (Å²) < 4.78 is 1.40. The van der Waals surface area contributed by atoms with Gasteiger partial charge in [-0.25, -0.2) is 9.67 Å². The minimum Gasteiger partial charge on any atom is -0.298 e. The number of nitrogens with one attached hydrogen (secondary N) is 1. The number of carbonyl (C=O) groups is 1. The summed E-state index contributed by atoms with van der Waals surface area (Å²) in [6.07, 6.45) is 4.29. The van der Waals surface area contributed by atoms with Crippen molar-refractivity contribution < 1.29 is 4.79 Å². The summed E-state index contributed by atoms with van der Waals surface area (Å²) in [7, 11) is 0. The van der Waals surface area contributed by atoms with Crippen molar-refractivity contribution in [1.82, 2.24) is 14.8 Å². The molecule has 5 nitrogen and oxygen atoms in total. The first kappa shape index (κ1) is 14.6. The van der Waals surface area contributed by atoms with Crippen molar-refractivity contribution >= 4 is 6.29 Å². The fourth-order valence-corrected chi connectivity index (χ4v) is 3.15. The Hall–Kier alpha value is -2.95. The van der Waals surface area contributed by atoms with E-state index in [0.29, 0.717) is 11.4 Å². The van der Waals surface area contributed by atoms with Crippen molar-refractivity contribution in [3.8, 4) is 5.82 Å². The fourth-order valence-electron chi connectivity index (χ4n) is 3.15. The molecule has 0 bridgehead atoms. The topological polar surface area (TPSA) is 67.8 Å². The molecule has 0 aliphatic heterocycles. The fraction of sp³-hybridized carbons (Fsp3) is 0.211. The van der Waals surface area contributed by atoms with Crippen LogP contribution in [0.25, 0.3) is 5.82 Å². The highest BCUT2D eigenvalue weighted by molar-refractivity contribution is 5.75. The van der Waals surface area contributed by atoms with E-state index in [1.165, 1.54) is 22.0 Å². The number of rotatable bonds is 4. The van der Waals surface area contributed by atoms with Crippen LogP contribution in [0.1, 0.15) is 40.0 Å². The minimum atomic E-state index is -0.168. The number of aryl methyl sites for hydroxylation is 1. The number of aromatic amines is 1. The van der Waals surface area contributed by atoms with Gasteiger partial charge in [0.05, 0.1) is 0 Å². The van der Waals surface area contributed by atoms with Crippen LogP contribution in [0.2, 0.25) is 0 Å². The molecule has 2 heterocycles. The molecule has 4 rings (SSSR count). The normalized spacial score (nSPS) is 15.2. The van der Waals surface area contributed by atoms with Crippen molar-refractivity contribution in [2.45, 2.75) is 25.2 Å². The van der Waals surface area contributed by atoms with Gasteiger partial charge in [0, 0.05) is 28.9 Å². The van der Waals surface area contributed by atoms with Crippen LogP contribution in [-0.2, 0) is 5.41 Å². The van der Waals surface area contributed by atoms with Gasteiger partial charge in [0.15, 0.2) is 5.82 Å². The molecule has 1 saturated carbocycles. The zero-order chi connectivity index (χ0) is 16.7. The zero-order valence-electron chi connectivity index (χ0n) is 13.3. The number of hydrogen-bond donors (Lipinski definition) is 1. The Balaban J connectivity index is 1.77. The van der Waals surface area contributed by atoms with Gasteiger partial charge < -0.3 is 0 Å². The van der Waals surface area contributed by atoms with Crippen molar-refractivity contribution in [2.75, 3.05) is 0 Å². The van der Waals surface area contributed by atoms with E-state index in [2.05, 4.69) is 41.3 Å². The summed E-state index contributed by atoms with van der Waals surface area (Å²) in [6.45, 7) is 2.06. The van der Waals surface area contributed by atoms with Gasteiger partial charge in [-0.3, -0.25) is 14.7 Å². The number of H-pyrrole nitrogens is 1. The van der Waals surface area contributed by atoms with Gasteiger partial charge in [-0.05, 0) is 37.5 Å². The maximum atomic E-state index is 12.4.